The molecule has 0 fully saturated rings. The highest BCUT2D eigenvalue weighted by molar-refractivity contribution is 6.04. The number of esters is 2. The predicted octanol–water partition coefficient (Wildman–Crippen LogP) is 4.03. The first kappa shape index (κ1) is 26.2. The molecule has 8 nitrogen and oxygen atoms in total. The molecule has 2 aromatic rings. The van der Waals surface area contributed by atoms with E-state index in [0.29, 0.717) is 34.4 Å². The molecule has 0 saturated heterocycles. The Morgan fingerprint density at radius 2 is 1.68 bits per heavy atom. The van der Waals surface area contributed by atoms with Gasteiger partial charge < -0.3 is 24.3 Å². The third kappa shape index (κ3) is 5.29. The first-order chi connectivity index (χ1) is 17.9. The molecule has 1 aliphatic carbocycles. The van der Waals surface area contributed by atoms with Gasteiger partial charge in [-0.3, -0.25) is 4.79 Å². The predicted molar refractivity (Wildman–Crippen MR) is 136 cm³/mol. The van der Waals surface area contributed by atoms with Crippen molar-refractivity contribution >= 4 is 17.7 Å². The first-order valence-corrected chi connectivity index (χ1v) is 12.1. The number of nitrogens with one attached hydrogen (secondary N) is 1. The normalized spacial score (nSPS) is 19.2. The second-order valence-electron chi connectivity index (χ2n) is 9.00. The van der Waals surface area contributed by atoms with Gasteiger partial charge in [-0.15, -0.1) is 0 Å². The van der Waals surface area contributed by atoms with Gasteiger partial charge >= 0.3 is 11.9 Å². The molecule has 1 aliphatic heterocycles. The van der Waals surface area contributed by atoms with Crippen LogP contribution in [0.4, 0.5) is 0 Å². The average molecular weight is 506 g/mol. The van der Waals surface area contributed by atoms with Crippen LogP contribution in [-0.2, 0) is 23.8 Å². The van der Waals surface area contributed by atoms with Gasteiger partial charge in [0.15, 0.2) is 5.78 Å². The zero-order valence-electron chi connectivity index (χ0n) is 21.5. The fraction of sp³-hybridized carbons (Fsp3) is 0.345. The van der Waals surface area contributed by atoms with Gasteiger partial charge in [-0.2, -0.15) is 0 Å². The van der Waals surface area contributed by atoms with Crippen molar-refractivity contribution in [1.29, 1.82) is 0 Å². The van der Waals surface area contributed by atoms with Gasteiger partial charge in [-0.1, -0.05) is 30.3 Å². The Hall–Kier alpha value is -3.91. The van der Waals surface area contributed by atoms with Crippen LogP contribution in [0.2, 0.25) is 0 Å². The Balaban J connectivity index is 1.76. The molecule has 0 aromatic heterocycles. The number of hydrogen-bond acceptors (Lipinski definition) is 8. The van der Waals surface area contributed by atoms with E-state index in [2.05, 4.69) is 5.32 Å². The Bertz CT molecular complexity index is 1260. The van der Waals surface area contributed by atoms with Crippen molar-refractivity contribution in [3.8, 4) is 5.75 Å². The average Bonchev–Trinajstić information content (AvgIpc) is 2.91. The Morgan fingerprint density at radius 1 is 0.946 bits per heavy atom. The number of methoxy groups -OCH3 is 3. The molecule has 1 heterocycles. The molecule has 1 N–H and O–H groups in total. The lowest BCUT2D eigenvalue weighted by Gasteiger charge is -2.37. The topological polar surface area (TPSA) is 100 Å². The molecule has 37 heavy (non-hydrogen) atoms. The van der Waals surface area contributed by atoms with Crippen LogP contribution in [0.25, 0.3) is 0 Å². The minimum atomic E-state index is -0.635. The Morgan fingerprint density at radius 3 is 2.35 bits per heavy atom. The molecule has 0 saturated carbocycles. The molecule has 0 bridgehead atoms. The molecule has 0 unspecified atom stereocenters. The summed E-state index contributed by atoms with van der Waals surface area (Å²) in [5.74, 6) is -0.998. The van der Waals surface area contributed by atoms with E-state index in [9.17, 15) is 14.4 Å². The fourth-order valence-electron chi connectivity index (χ4n) is 5.09. The molecule has 0 amide bonds. The molecular formula is C29H31NO7. The van der Waals surface area contributed by atoms with Crippen LogP contribution in [0.3, 0.4) is 0 Å². The number of allylic oxidation sites excluding steroid dienone is 3. The maximum absolute atomic E-state index is 13.7. The molecule has 194 valence electrons. The molecule has 8 heteroatoms. The van der Waals surface area contributed by atoms with Crippen molar-refractivity contribution in [2.75, 3.05) is 34.5 Å². The second kappa shape index (κ2) is 11.4. The standard InChI is InChI=1S/C29H31NO7/c1-17-25(29(33)37-14-13-34-2)26(18-9-11-19(12-10-18)28(32)36-4)27-22(30-17)15-20(16-23(27)31)21-7-5-6-8-24(21)35-3/h5-12,20,26,30H,13-16H2,1-4H3/t20-,26+/m0/s1. The van der Waals surface area contributed by atoms with Crippen LogP contribution >= 0.6 is 0 Å². The number of ether oxygens (including phenoxy) is 4. The third-order valence-corrected chi connectivity index (χ3v) is 6.81. The number of rotatable bonds is 8. The minimum absolute atomic E-state index is 0.0543. The summed E-state index contributed by atoms with van der Waals surface area (Å²) in [6.07, 6.45) is 0.865. The van der Waals surface area contributed by atoms with Crippen molar-refractivity contribution in [1.82, 2.24) is 5.32 Å². The van der Waals surface area contributed by atoms with Crippen molar-refractivity contribution in [3.63, 3.8) is 0 Å². The summed E-state index contributed by atoms with van der Waals surface area (Å²) in [6.45, 7) is 2.16. The summed E-state index contributed by atoms with van der Waals surface area (Å²) in [7, 11) is 4.47. The smallest absolute Gasteiger partial charge is 0.337 e. The van der Waals surface area contributed by atoms with E-state index in [1.807, 2.05) is 31.2 Å². The number of Topliss-reactive ketones (excluding diaryl/α,β-unsaturated/α-hetero) is 1. The minimum Gasteiger partial charge on any atom is -0.496 e. The lowest BCUT2D eigenvalue weighted by molar-refractivity contribution is -0.140. The summed E-state index contributed by atoms with van der Waals surface area (Å²) in [4.78, 5) is 39.0. The Labute approximate surface area is 216 Å². The lowest BCUT2D eigenvalue weighted by Crippen LogP contribution is -2.36. The van der Waals surface area contributed by atoms with Crippen molar-refractivity contribution in [2.24, 2.45) is 0 Å². The van der Waals surface area contributed by atoms with Gasteiger partial charge in [0.2, 0.25) is 0 Å². The fourth-order valence-corrected chi connectivity index (χ4v) is 5.09. The van der Waals surface area contributed by atoms with E-state index in [4.69, 9.17) is 18.9 Å². The lowest BCUT2D eigenvalue weighted by atomic mass is 9.71. The van der Waals surface area contributed by atoms with Crippen LogP contribution in [0.15, 0.2) is 71.1 Å². The van der Waals surface area contributed by atoms with Crippen LogP contribution in [0.1, 0.15) is 53.1 Å². The summed E-state index contributed by atoms with van der Waals surface area (Å²) in [5, 5.41) is 3.34. The highest BCUT2D eigenvalue weighted by Crippen LogP contribution is 2.46. The number of carbonyl (C=O) groups is 3. The number of ketones is 1. The third-order valence-electron chi connectivity index (χ3n) is 6.81. The molecule has 2 atom stereocenters. The van der Waals surface area contributed by atoms with E-state index in [1.165, 1.54) is 14.2 Å². The van der Waals surface area contributed by atoms with E-state index < -0.39 is 17.9 Å². The van der Waals surface area contributed by atoms with E-state index in [-0.39, 0.29) is 31.3 Å². The summed E-state index contributed by atoms with van der Waals surface area (Å²) in [6, 6.07) is 14.5. The molecule has 2 aromatic carbocycles. The summed E-state index contributed by atoms with van der Waals surface area (Å²) >= 11 is 0. The highest BCUT2D eigenvalue weighted by atomic mass is 16.6. The van der Waals surface area contributed by atoms with Gasteiger partial charge in [-0.05, 0) is 42.7 Å². The van der Waals surface area contributed by atoms with Gasteiger partial charge in [0, 0.05) is 42.3 Å². The molecule has 2 aliphatic rings. The van der Waals surface area contributed by atoms with Gasteiger partial charge in [0.05, 0.1) is 32.0 Å². The van der Waals surface area contributed by atoms with Crippen LogP contribution < -0.4 is 10.1 Å². The van der Waals surface area contributed by atoms with E-state index in [0.717, 1.165) is 17.0 Å². The zero-order chi connectivity index (χ0) is 26.5. The number of carbonyl (C=O) groups excluding carboxylic acids is 3. The number of benzene rings is 2. The van der Waals surface area contributed by atoms with Crippen molar-refractivity contribution in [3.05, 3.63) is 87.8 Å². The van der Waals surface area contributed by atoms with Gasteiger partial charge in [-0.25, -0.2) is 9.59 Å². The summed E-state index contributed by atoms with van der Waals surface area (Å²) < 4.78 is 20.8. The van der Waals surface area contributed by atoms with Crippen molar-refractivity contribution in [2.45, 2.75) is 31.6 Å². The van der Waals surface area contributed by atoms with Gasteiger partial charge in [0.25, 0.3) is 0 Å². The largest absolute Gasteiger partial charge is 0.496 e. The maximum atomic E-state index is 13.7. The Kier molecular flexibility index (Phi) is 8.08. The van der Waals surface area contributed by atoms with E-state index >= 15 is 0 Å². The molecule has 0 radical (unpaired) electrons. The zero-order valence-corrected chi connectivity index (χ0v) is 21.5. The van der Waals surface area contributed by atoms with Gasteiger partial charge in [0.1, 0.15) is 12.4 Å². The molecule has 0 spiro atoms. The maximum Gasteiger partial charge on any atom is 0.337 e. The first-order valence-electron chi connectivity index (χ1n) is 12.1. The second-order valence-corrected chi connectivity index (χ2v) is 9.00. The highest BCUT2D eigenvalue weighted by Gasteiger charge is 2.41. The van der Waals surface area contributed by atoms with Crippen LogP contribution in [0, 0.1) is 0 Å². The molecule has 4 rings (SSSR count). The number of dihydropyridines is 1. The van der Waals surface area contributed by atoms with Crippen LogP contribution in [-0.4, -0.2) is 52.3 Å². The monoisotopic (exact) mass is 505 g/mol. The SMILES string of the molecule is COCCOC(=O)C1=C(C)NC2=C(C(=O)C[C@@H](c3ccccc3OC)C2)[C@@H]1c1ccc(C(=O)OC)cc1. The quantitative estimate of drug-likeness (QED) is 0.424. The van der Waals surface area contributed by atoms with E-state index in [1.54, 1.807) is 31.4 Å². The molecular weight excluding hydrogens is 474 g/mol. The van der Waals surface area contributed by atoms with Crippen LogP contribution in [0.5, 0.6) is 5.75 Å². The van der Waals surface area contributed by atoms with Crippen molar-refractivity contribution < 1.29 is 33.3 Å². The number of hydrogen-bond donors (Lipinski definition) is 1. The number of para-hydroxylation sites is 1. The summed E-state index contributed by atoms with van der Waals surface area (Å²) in [5.41, 5.74) is 4.37.